The highest BCUT2D eigenvalue weighted by Gasteiger charge is 2.31. The first-order chi connectivity index (χ1) is 16.6. The Morgan fingerprint density at radius 3 is 2.66 bits per heavy atom. The summed E-state index contributed by atoms with van der Waals surface area (Å²) in [6.07, 6.45) is -4.56. The molecule has 0 saturated carbocycles. The second kappa shape index (κ2) is 9.95. The summed E-state index contributed by atoms with van der Waals surface area (Å²) in [6, 6.07) is 13.7. The molecule has 5 nitrogen and oxygen atoms in total. The van der Waals surface area contributed by atoms with Crippen LogP contribution in [0.4, 0.5) is 23.2 Å². The standard InChI is InChI=1S/C26H25F4N3O2/c1-16(2)15-33-23-8-7-22(12-18(23)14-32-33)35-24-9-6-21(27)11-19(24)13-31-25(34)17-4-3-5-20(10-17)26(28,29)30/h3-12,16,32H,13-15H2,1-2H3,(H,31,34). The fourth-order valence-corrected chi connectivity index (χ4v) is 3.85. The number of anilines is 1. The molecule has 0 aliphatic carbocycles. The van der Waals surface area contributed by atoms with E-state index >= 15 is 0 Å². The smallest absolute Gasteiger partial charge is 0.416 e. The minimum absolute atomic E-state index is 0.128. The van der Waals surface area contributed by atoms with E-state index in [0.29, 0.717) is 29.5 Å². The lowest BCUT2D eigenvalue weighted by Gasteiger charge is -2.21. The highest BCUT2D eigenvalue weighted by molar-refractivity contribution is 5.94. The number of hydrogen-bond donors (Lipinski definition) is 2. The summed E-state index contributed by atoms with van der Waals surface area (Å²) < 4.78 is 58.8. The summed E-state index contributed by atoms with van der Waals surface area (Å²) in [4.78, 5) is 12.5. The van der Waals surface area contributed by atoms with Crippen molar-refractivity contribution in [1.29, 1.82) is 0 Å². The van der Waals surface area contributed by atoms with Gasteiger partial charge in [0.2, 0.25) is 0 Å². The van der Waals surface area contributed by atoms with Gasteiger partial charge in [-0.25, -0.2) is 9.82 Å². The zero-order valence-electron chi connectivity index (χ0n) is 19.2. The molecule has 0 fully saturated rings. The van der Waals surface area contributed by atoms with Crippen LogP contribution in [0.15, 0.2) is 60.7 Å². The molecule has 0 aromatic heterocycles. The number of hydrazine groups is 1. The van der Waals surface area contributed by atoms with E-state index in [9.17, 15) is 22.4 Å². The molecule has 1 heterocycles. The van der Waals surface area contributed by atoms with Gasteiger partial charge in [0.05, 0.1) is 11.3 Å². The highest BCUT2D eigenvalue weighted by Crippen LogP contribution is 2.33. The topological polar surface area (TPSA) is 53.6 Å². The second-order valence-corrected chi connectivity index (χ2v) is 8.75. The van der Waals surface area contributed by atoms with E-state index in [0.717, 1.165) is 29.9 Å². The molecule has 9 heteroatoms. The average Bonchev–Trinajstić information content (AvgIpc) is 3.19. The number of carbonyl (C=O) groups is 1. The van der Waals surface area contributed by atoms with E-state index in [1.807, 2.05) is 18.2 Å². The number of ether oxygens (including phenoxy) is 1. The van der Waals surface area contributed by atoms with Crippen molar-refractivity contribution >= 4 is 11.6 Å². The maximum absolute atomic E-state index is 13.9. The number of alkyl halides is 3. The van der Waals surface area contributed by atoms with E-state index in [1.165, 1.54) is 30.3 Å². The maximum atomic E-state index is 13.9. The molecule has 4 rings (SSSR count). The summed E-state index contributed by atoms with van der Waals surface area (Å²) in [6.45, 7) is 5.67. The van der Waals surface area contributed by atoms with Gasteiger partial charge in [-0.15, -0.1) is 0 Å². The molecule has 0 radical (unpaired) electrons. The Morgan fingerprint density at radius 1 is 1.11 bits per heavy atom. The predicted octanol–water partition coefficient (Wildman–Crippen LogP) is 6.05. The molecule has 1 aliphatic rings. The zero-order valence-corrected chi connectivity index (χ0v) is 19.2. The molecule has 3 aromatic rings. The Bertz CT molecular complexity index is 1230. The van der Waals surface area contributed by atoms with Crippen molar-refractivity contribution in [3.05, 3.63) is 88.7 Å². The molecule has 2 N–H and O–H groups in total. The van der Waals surface area contributed by atoms with E-state index in [-0.39, 0.29) is 12.1 Å². The number of nitrogens with one attached hydrogen (secondary N) is 2. The summed E-state index contributed by atoms with van der Waals surface area (Å²) >= 11 is 0. The minimum atomic E-state index is -4.56. The Hall–Kier alpha value is -3.59. The fourth-order valence-electron chi connectivity index (χ4n) is 3.85. The van der Waals surface area contributed by atoms with Crippen LogP contribution < -0.4 is 20.5 Å². The molecule has 184 valence electrons. The SMILES string of the molecule is CC(C)CN1NCc2cc(Oc3ccc(F)cc3CNC(=O)c3cccc(C(F)(F)F)c3)ccc21. The van der Waals surface area contributed by atoms with E-state index in [2.05, 4.69) is 29.6 Å². The van der Waals surface area contributed by atoms with Gasteiger partial charge in [-0.2, -0.15) is 13.2 Å². The number of amides is 1. The molecule has 3 aromatic carbocycles. The molecular weight excluding hydrogens is 462 g/mol. The Labute approximate surface area is 200 Å². The molecule has 0 spiro atoms. The van der Waals surface area contributed by atoms with Gasteiger partial charge >= 0.3 is 6.18 Å². The van der Waals surface area contributed by atoms with Crippen LogP contribution in [-0.2, 0) is 19.3 Å². The van der Waals surface area contributed by atoms with Gasteiger partial charge < -0.3 is 15.1 Å². The van der Waals surface area contributed by atoms with Gasteiger partial charge in [0.1, 0.15) is 17.3 Å². The van der Waals surface area contributed by atoms with Crippen LogP contribution in [0.5, 0.6) is 11.5 Å². The minimum Gasteiger partial charge on any atom is -0.457 e. The van der Waals surface area contributed by atoms with Crippen LogP contribution in [0.1, 0.15) is 40.9 Å². The molecule has 0 bridgehead atoms. The van der Waals surface area contributed by atoms with Crippen LogP contribution in [-0.4, -0.2) is 12.5 Å². The lowest BCUT2D eigenvalue weighted by Crippen LogP contribution is -2.35. The van der Waals surface area contributed by atoms with Gasteiger partial charge in [0.25, 0.3) is 5.91 Å². The molecular formula is C26H25F4N3O2. The van der Waals surface area contributed by atoms with Crippen molar-refractivity contribution in [2.75, 3.05) is 11.6 Å². The molecule has 0 saturated heterocycles. The Morgan fingerprint density at radius 2 is 1.91 bits per heavy atom. The molecule has 0 unspecified atom stereocenters. The quantitative estimate of drug-likeness (QED) is 0.399. The summed E-state index contributed by atoms with van der Waals surface area (Å²) in [5.41, 5.74) is 4.75. The van der Waals surface area contributed by atoms with Gasteiger partial charge in [-0.1, -0.05) is 19.9 Å². The van der Waals surface area contributed by atoms with Crippen LogP contribution in [0.2, 0.25) is 0 Å². The fraction of sp³-hybridized carbons (Fsp3) is 0.269. The maximum Gasteiger partial charge on any atom is 0.416 e. The summed E-state index contributed by atoms with van der Waals surface area (Å²) in [5, 5.41) is 4.64. The van der Waals surface area contributed by atoms with Crippen LogP contribution in [0, 0.1) is 11.7 Å². The van der Waals surface area contributed by atoms with Crippen molar-refractivity contribution in [3.8, 4) is 11.5 Å². The molecule has 1 amide bonds. The van der Waals surface area contributed by atoms with Crippen molar-refractivity contribution in [3.63, 3.8) is 0 Å². The van der Waals surface area contributed by atoms with Gasteiger partial charge in [0, 0.05) is 30.8 Å². The monoisotopic (exact) mass is 487 g/mol. The van der Waals surface area contributed by atoms with Crippen molar-refractivity contribution in [2.45, 2.75) is 33.1 Å². The van der Waals surface area contributed by atoms with Gasteiger partial charge in [0.15, 0.2) is 0 Å². The van der Waals surface area contributed by atoms with Gasteiger partial charge in [-0.05, 0) is 66.1 Å². The molecule has 35 heavy (non-hydrogen) atoms. The third-order valence-corrected chi connectivity index (χ3v) is 5.49. The number of carbonyl (C=O) groups excluding carboxylic acids is 1. The summed E-state index contributed by atoms with van der Waals surface area (Å²) in [7, 11) is 0. The first-order valence-electron chi connectivity index (χ1n) is 11.2. The number of rotatable bonds is 7. The first-order valence-corrected chi connectivity index (χ1v) is 11.2. The average molecular weight is 487 g/mol. The predicted molar refractivity (Wildman–Crippen MR) is 125 cm³/mol. The Balaban J connectivity index is 1.48. The third-order valence-electron chi connectivity index (χ3n) is 5.49. The number of hydrogen-bond acceptors (Lipinski definition) is 4. The van der Waals surface area contributed by atoms with Crippen LogP contribution >= 0.6 is 0 Å². The Kier molecular flexibility index (Phi) is 6.98. The lowest BCUT2D eigenvalue weighted by molar-refractivity contribution is -0.137. The lowest BCUT2D eigenvalue weighted by atomic mass is 10.1. The van der Waals surface area contributed by atoms with Crippen LogP contribution in [0.3, 0.4) is 0 Å². The zero-order chi connectivity index (χ0) is 25.2. The van der Waals surface area contributed by atoms with Gasteiger partial charge in [-0.3, -0.25) is 4.79 Å². The number of fused-ring (bicyclic) bond motifs is 1. The first kappa shape index (κ1) is 24.5. The van der Waals surface area contributed by atoms with Crippen molar-refractivity contribution in [1.82, 2.24) is 10.7 Å². The number of benzene rings is 3. The highest BCUT2D eigenvalue weighted by atomic mass is 19.4. The second-order valence-electron chi connectivity index (χ2n) is 8.75. The van der Waals surface area contributed by atoms with Crippen molar-refractivity contribution in [2.24, 2.45) is 5.92 Å². The third kappa shape index (κ3) is 5.92. The largest absolute Gasteiger partial charge is 0.457 e. The number of nitrogens with zero attached hydrogens (tertiary/aromatic N) is 1. The van der Waals surface area contributed by atoms with E-state index in [1.54, 1.807) is 0 Å². The molecule has 0 atom stereocenters. The number of halogens is 4. The van der Waals surface area contributed by atoms with E-state index < -0.39 is 23.5 Å². The normalized spacial score (nSPS) is 13.2. The van der Waals surface area contributed by atoms with E-state index in [4.69, 9.17) is 4.74 Å². The van der Waals surface area contributed by atoms with Crippen LogP contribution in [0.25, 0.3) is 0 Å². The molecule has 1 aliphatic heterocycles. The summed E-state index contributed by atoms with van der Waals surface area (Å²) in [5.74, 6) is 0.135. The van der Waals surface area contributed by atoms with Crippen molar-refractivity contribution < 1.29 is 27.1 Å².